The van der Waals surface area contributed by atoms with E-state index in [1.54, 1.807) is 16.6 Å². The summed E-state index contributed by atoms with van der Waals surface area (Å²) in [4.78, 5) is 14.9. The number of aryl methyl sites for hydroxylation is 2. The minimum Gasteiger partial charge on any atom is -0.369 e. The van der Waals surface area contributed by atoms with Crippen LogP contribution >= 0.6 is 23.1 Å². The van der Waals surface area contributed by atoms with Gasteiger partial charge in [0, 0.05) is 11.4 Å². The monoisotopic (exact) mass is 376 g/mol. The van der Waals surface area contributed by atoms with Crippen LogP contribution in [0.3, 0.4) is 0 Å². The molecule has 4 nitrogen and oxygen atoms in total. The van der Waals surface area contributed by atoms with Crippen LogP contribution in [0.2, 0.25) is 0 Å². The molecule has 1 fully saturated rings. The van der Waals surface area contributed by atoms with Gasteiger partial charge in [0.25, 0.3) is 0 Å². The number of rotatable bonds is 7. The minimum atomic E-state index is 0.894. The van der Waals surface area contributed by atoms with E-state index in [9.17, 15) is 0 Å². The average Bonchev–Trinajstić information content (AvgIpc) is 3.28. The van der Waals surface area contributed by atoms with Gasteiger partial charge < -0.3 is 10.2 Å². The van der Waals surface area contributed by atoms with E-state index in [1.165, 1.54) is 86.8 Å². The fourth-order valence-electron chi connectivity index (χ4n) is 4.03. The first-order chi connectivity index (χ1) is 12.3. The van der Waals surface area contributed by atoms with Crippen LogP contribution in [0.5, 0.6) is 0 Å². The normalized spacial score (nSPS) is 18.0. The number of anilines is 1. The summed E-state index contributed by atoms with van der Waals surface area (Å²) in [6, 6.07) is 0. The van der Waals surface area contributed by atoms with E-state index in [1.807, 2.05) is 11.3 Å². The van der Waals surface area contributed by atoms with E-state index < -0.39 is 0 Å². The van der Waals surface area contributed by atoms with Crippen molar-refractivity contribution in [3.8, 4) is 0 Å². The van der Waals surface area contributed by atoms with Crippen molar-refractivity contribution >= 4 is 39.1 Å². The van der Waals surface area contributed by atoms with E-state index in [0.29, 0.717) is 0 Å². The minimum absolute atomic E-state index is 0.894. The molecule has 2 aromatic heterocycles. The van der Waals surface area contributed by atoms with Crippen LogP contribution in [0.4, 0.5) is 5.82 Å². The maximum Gasteiger partial charge on any atom is 0.190 e. The zero-order chi connectivity index (χ0) is 17.1. The van der Waals surface area contributed by atoms with Gasteiger partial charge in [-0.3, -0.25) is 0 Å². The van der Waals surface area contributed by atoms with E-state index >= 15 is 0 Å². The molecule has 4 rings (SSSR count). The van der Waals surface area contributed by atoms with Crippen molar-refractivity contribution in [3.63, 3.8) is 0 Å². The third-order valence-corrected chi connectivity index (χ3v) is 7.10. The van der Waals surface area contributed by atoms with Crippen LogP contribution in [0, 0.1) is 0 Å². The fourth-order valence-corrected chi connectivity index (χ4v) is 5.71. The predicted octanol–water partition coefficient (Wildman–Crippen LogP) is 4.58. The Balaban J connectivity index is 1.44. The van der Waals surface area contributed by atoms with Gasteiger partial charge in [-0.1, -0.05) is 11.8 Å². The molecule has 0 radical (unpaired) electrons. The van der Waals surface area contributed by atoms with Gasteiger partial charge >= 0.3 is 0 Å². The summed E-state index contributed by atoms with van der Waals surface area (Å²) in [5.74, 6) is 1.08. The Morgan fingerprint density at radius 1 is 1.08 bits per heavy atom. The standard InChI is InChI=1S/C19H28N4S2/c1-24-19-21-17(20-10-4-5-11-23-12-6-7-13-23)16-14-8-2-3-9-15(14)25-18(16)22-19/h2-13H2,1H3,(H,20,21,22). The largest absolute Gasteiger partial charge is 0.369 e. The Morgan fingerprint density at radius 2 is 1.92 bits per heavy atom. The average molecular weight is 377 g/mol. The first kappa shape index (κ1) is 17.6. The van der Waals surface area contributed by atoms with Gasteiger partial charge in [-0.25, -0.2) is 9.97 Å². The lowest BCUT2D eigenvalue weighted by molar-refractivity contribution is 0.331. The van der Waals surface area contributed by atoms with Crippen molar-refractivity contribution in [2.45, 2.75) is 56.5 Å². The number of nitrogens with one attached hydrogen (secondary N) is 1. The van der Waals surface area contributed by atoms with E-state index in [0.717, 1.165) is 17.5 Å². The predicted molar refractivity (Wildman–Crippen MR) is 109 cm³/mol. The number of fused-ring (bicyclic) bond motifs is 3. The highest BCUT2D eigenvalue weighted by molar-refractivity contribution is 7.98. The molecule has 136 valence electrons. The molecule has 0 atom stereocenters. The molecule has 6 heteroatoms. The van der Waals surface area contributed by atoms with Gasteiger partial charge in [-0.2, -0.15) is 0 Å². The Bertz CT molecular complexity index is 722. The highest BCUT2D eigenvalue weighted by Crippen LogP contribution is 2.39. The van der Waals surface area contributed by atoms with Gasteiger partial charge in [0.1, 0.15) is 10.6 Å². The van der Waals surface area contributed by atoms with Crippen molar-refractivity contribution in [1.82, 2.24) is 14.9 Å². The molecular weight excluding hydrogens is 348 g/mol. The van der Waals surface area contributed by atoms with Crippen LogP contribution in [0.1, 0.15) is 49.0 Å². The third kappa shape index (κ3) is 3.96. The summed E-state index contributed by atoms with van der Waals surface area (Å²) in [7, 11) is 0. The number of hydrogen-bond donors (Lipinski definition) is 1. The molecule has 2 aromatic rings. The van der Waals surface area contributed by atoms with E-state index in [2.05, 4.69) is 16.5 Å². The van der Waals surface area contributed by atoms with Crippen molar-refractivity contribution < 1.29 is 0 Å². The molecule has 0 unspecified atom stereocenters. The fraction of sp³-hybridized carbons (Fsp3) is 0.684. The van der Waals surface area contributed by atoms with Gasteiger partial charge in [0.15, 0.2) is 5.16 Å². The molecule has 1 saturated heterocycles. The molecule has 1 aliphatic heterocycles. The van der Waals surface area contributed by atoms with Gasteiger partial charge in [0.2, 0.25) is 0 Å². The number of thiophene rings is 1. The number of thioether (sulfide) groups is 1. The Hall–Kier alpha value is -0.850. The van der Waals surface area contributed by atoms with Crippen molar-refractivity contribution in [2.75, 3.05) is 37.8 Å². The summed E-state index contributed by atoms with van der Waals surface area (Å²) in [5, 5.41) is 5.86. The van der Waals surface area contributed by atoms with E-state index in [-0.39, 0.29) is 0 Å². The summed E-state index contributed by atoms with van der Waals surface area (Å²) >= 11 is 3.53. The first-order valence-corrected chi connectivity index (χ1v) is 11.7. The van der Waals surface area contributed by atoms with Gasteiger partial charge in [-0.15, -0.1) is 11.3 Å². The van der Waals surface area contributed by atoms with E-state index in [4.69, 9.17) is 9.97 Å². The lowest BCUT2D eigenvalue weighted by Crippen LogP contribution is -2.21. The van der Waals surface area contributed by atoms with Crippen LogP contribution in [0.15, 0.2) is 5.16 Å². The quantitative estimate of drug-likeness (QED) is 0.435. The van der Waals surface area contributed by atoms with Crippen LogP contribution < -0.4 is 5.32 Å². The van der Waals surface area contributed by atoms with Crippen molar-refractivity contribution in [2.24, 2.45) is 0 Å². The molecule has 3 heterocycles. The number of nitrogens with zero attached hydrogens (tertiary/aromatic N) is 3. The molecule has 0 aromatic carbocycles. The highest BCUT2D eigenvalue weighted by Gasteiger charge is 2.21. The zero-order valence-electron chi connectivity index (χ0n) is 15.1. The number of likely N-dealkylation sites (tertiary alicyclic amines) is 1. The second kappa shape index (κ2) is 8.23. The molecule has 1 aliphatic carbocycles. The lowest BCUT2D eigenvalue weighted by Gasteiger charge is -2.15. The molecule has 25 heavy (non-hydrogen) atoms. The van der Waals surface area contributed by atoms with Crippen LogP contribution in [-0.4, -0.2) is 47.3 Å². The van der Waals surface area contributed by atoms with Gasteiger partial charge in [-0.05, 0) is 82.8 Å². The highest BCUT2D eigenvalue weighted by atomic mass is 32.2. The number of unbranched alkanes of at least 4 members (excludes halogenated alkanes) is 1. The molecule has 0 saturated carbocycles. The first-order valence-electron chi connectivity index (χ1n) is 9.67. The second-order valence-corrected chi connectivity index (χ2v) is 8.99. The summed E-state index contributed by atoms with van der Waals surface area (Å²) < 4.78 is 0. The van der Waals surface area contributed by atoms with Crippen molar-refractivity contribution in [1.29, 1.82) is 0 Å². The topological polar surface area (TPSA) is 41.1 Å². The Kier molecular flexibility index (Phi) is 5.78. The lowest BCUT2D eigenvalue weighted by atomic mass is 9.97. The maximum atomic E-state index is 4.81. The molecule has 0 bridgehead atoms. The van der Waals surface area contributed by atoms with Crippen molar-refractivity contribution in [3.05, 3.63) is 10.4 Å². The number of aromatic nitrogens is 2. The SMILES string of the molecule is CSc1nc(NCCCCN2CCCC2)c2c3c(sc2n1)CCCC3. The maximum absolute atomic E-state index is 4.81. The Labute approximate surface area is 158 Å². The smallest absolute Gasteiger partial charge is 0.190 e. The molecular formula is C19H28N4S2. The molecule has 0 amide bonds. The Morgan fingerprint density at radius 3 is 2.76 bits per heavy atom. The van der Waals surface area contributed by atoms with Gasteiger partial charge in [0.05, 0.1) is 5.39 Å². The third-order valence-electron chi connectivity index (χ3n) is 5.37. The summed E-state index contributed by atoms with van der Waals surface area (Å²) in [6.07, 6.45) is 12.4. The second-order valence-electron chi connectivity index (χ2n) is 7.13. The summed E-state index contributed by atoms with van der Waals surface area (Å²) in [6.45, 7) is 4.87. The van der Waals surface area contributed by atoms with Crippen LogP contribution in [0.25, 0.3) is 10.2 Å². The molecule has 1 N–H and O–H groups in total. The number of hydrogen-bond acceptors (Lipinski definition) is 6. The van der Waals surface area contributed by atoms with Crippen LogP contribution in [-0.2, 0) is 12.8 Å². The summed E-state index contributed by atoms with van der Waals surface area (Å²) in [5.41, 5.74) is 1.53. The molecule has 2 aliphatic rings. The zero-order valence-corrected chi connectivity index (χ0v) is 16.8. The molecule has 0 spiro atoms.